The standard InChI is InChI=1S/C38H30F11N3O5/c1-56-29-12-6-17(23-14-18(5-10-27(23)39)32(38(47,48)49)57-35(55)51-19-3-2-4-19)13-24(29)33(53)52-31-22-9-8-21(25(22)16-36(41,42)43)30(31)34(54)50-20-7-11-28(40)26(15-20)37(44,45)46/h5-16,19,21-22,30-32H,2-4H2,1H3,(H,50,54)(H,51,55)(H,52,53)/b25-16-/t21?,22?,30-,31+,32-/m0/s1. The third-order valence-corrected chi connectivity index (χ3v) is 9.92. The quantitative estimate of drug-likeness (QED) is 0.148. The van der Waals surface area contributed by atoms with Crippen LogP contribution in [0.4, 0.5) is 58.8 Å². The van der Waals surface area contributed by atoms with Gasteiger partial charge in [0.15, 0.2) is 0 Å². The molecule has 8 nitrogen and oxygen atoms in total. The zero-order valence-corrected chi connectivity index (χ0v) is 29.2. The molecule has 3 aromatic rings. The number of anilines is 1. The summed E-state index contributed by atoms with van der Waals surface area (Å²) in [6.45, 7) is 0. The molecule has 2 saturated carbocycles. The van der Waals surface area contributed by atoms with Gasteiger partial charge in [-0.1, -0.05) is 24.3 Å². The van der Waals surface area contributed by atoms with E-state index in [-0.39, 0.29) is 29.0 Å². The average Bonchev–Trinajstić information content (AvgIpc) is 3.61. The summed E-state index contributed by atoms with van der Waals surface area (Å²) in [5.74, 6) is -9.20. The molecule has 3 amide bonds. The molecule has 0 aromatic heterocycles. The number of alkyl halides is 9. The van der Waals surface area contributed by atoms with Crippen LogP contribution in [0.25, 0.3) is 11.1 Å². The van der Waals surface area contributed by atoms with Crippen LogP contribution in [0.1, 0.15) is 46.9 Å². The minimum Gasteiger partial charge on any atom is -0.496 e. The van der Waals surface area contributed by atoms with Crippen LogP contribution in [0.5, 0.6) is 5.75 Å². The van der Waals surface area contributed by atoms with Crippen LogP contribution in [0.2, 0.25) is 0 Å². The van der Waals surface area contributed by atoms with Crippen molar-refractivity contribution >= 4 is 23.6 Å². The first-order valence-corrected chi connectivity index (χ1v) is 17.1. The summed E-state index contributed by atoms with van der Waals surface area (Å²) in [5.41, 5.74) is -4.33. The normalized spacial score (nSPS) is 21.9. The van der Waals surface area contributed by atoms with Crippen molar-refractivity contribution in [1.29, 1.82) is 0 Å². The second kappa shape index (κ2) is 15.4. The lowest BCUT2D eigenvalue weighted by Gasteiger charge is -2.28. The van der Waals surface area contributed by atoms with Gasteiger partial charge < -0.3 is 25.4 Å². The van der Waals surface area contributed by atoms with Crippen molar-refractivity contribution < 1.29 is 72.2 Å². The summed E-state index contributed by atoms with van der Waals surface area (Å²) < 4.78 is 163. The van der Waals surface area contributed by atoms with Crippen LogP contribution >= 0.6 is 0 Å². The second-order valence-corrected chi connectivity index (χ2v) is 13.6. The van der Waals surface area contributed by atoms with Gasteiger partial charge in [0.2, 0.25) is 12.0 Å². The molecule has 3 aliphatic carbocycles. The third kappa shape index (κ3) is 8.86. The molecule has 0 aliphatic heterocycles. The van der Waals surface area contributed by atoms with Gasteiger partial charge in [-0.05, 0) is 72.9 Å². The van der Waals surface area contributed by atoms with Crippen LogP contribution < -0.4 is 20.7 Å². The van der Waals surface area contributed by atoms with E-state index < -0.39 is 106 Å². The lowest BCUT2D eigenvalue weighted by atomic mass is 9.87. The number of nitrogens with one attached hydrogen (secondary N) is 3. The molecule has 0 heterocycles. The lowest BCUT2D eigenvalue weighted by Crippen LogP contribution is -2.47. The third-order valence-electron chi connectivity index (χ3n) is 9.92. The number of halogens is 11. The molecular weight excluding hydrogens is 787 g/mol. The van der Waals surface area contributed by atoms with E-state index in [1.807, 2.05) is 0 Å². The summed E-state index contributed by atoms with van der Waals surface area (Å²) >= 11 is 0. The Bertz CT molecular complexity index is 2130. The molecule has 0 saturated heterocycles. The Morgan fingerprint density at radius 2 is 1.51 bits per heavy atom. The molecule has 3 aromatic carbocycles. The molecule has 2 fully saturated rings. The van der Waals surface area contributed by atoms with Crippen molar-refractivity contribution in [2.45, 2.75) is 56.0 Å². The van der Waals surface area contributed by atoms with Crippen molar-refractivity contribution in [1.82, 2.24) is 10.6 Å². The Morgan fingerprint density at radius 3 is 2.12 bits per heavy atom. The van der Waals surface area contributed by atoms with Gasteiger partial charge in [0.1, 0.15) is 17.4 Å². The molecule has 19 heteroatoms. The first-order chi connectivity index (χ1) is 26.6. The molecule has 2 unspecified atom stereocenters. The predicted octanol–water partition coefficient (Wildman–Crippen LogP) is 9.20. The van der Waals surface area contributed by atoms with Gasteiger partial charge in [0.25, 0.3) is 5.91 Å². The number of fused-ring (bicyclic) bond motifs is 2. The summed E-state index contributed by atoms with van der Waals surface area (Å²) in [6.07, 6.45) is -14.9. The Hall–Kier alpha value is -5.62. The van der Waals surface area contributed by atoms with E-state index in [1.165, 1.54) is 18.2 Å². The van der Waals surface area contributed by atoms with Crippen molar-refractivity contribution in [3.8, 4) is 16.9 Å². The highest BCUT2D eigenvalue weighted by atomic mass is 19.4. The lowest BCUT2D eigenvalue weighted by molar-refractivity contribution is -0.206. The van der Waals surface area contributed by atoms with Gasteiger partial charge in [-0.15, -0.1) is 0 Å². The number of carbonyl (C=O) groups is 3. The van der Waals surface area contributed by atoms with E-state index >= 15 is 4.39 Å². The zero-order chi connectivity index (χ0) is 41.6. The molecular formula is C38H30F11N3O5. The van der Waals surface area contributed by atoms with E-state index in [1.54, 1.807) is 0 Å². The zero-order valence-electron chi connectivity index (χ0n) is 29.2. The maximum absolute atomic E-state index is 15.3. The number of hydrogen-bond acceptors (Lipinski definition) is 5. The van der Waals surface area contributed by atoms with Crippen molar-refractivity contribution in [3.05, 3.63) is 107 Å². The Morgan fingerprint density at radius 1 is 0.825 bits per heavy atom. The van der Waals surface area contributed by atoms with E-state index in [4.69, 9.17) is 9.47 Å². The monoisotopic (exact) mass is 817 g/mol. The van der Waals surface area contributed by atoms with Gasteiger partial charge in [-0.2, -0.15) is 39.5 Å². The number of methoxy groups -OCH3 is 1. The number of rotatable bonds is 9. The minimum absolute atomic E-state index is 0.0553. The highest BCUT2D eigenvalue weighted by Gasteiger charge is 2.53. The Balaban J connectivity index is 1.31. The average molecular weight is 818 g/mol. The van der Waals surface area contributed by atoms with Crippen LogP contribution in [0, 0.1) is 29.4 Å². The Kier molecular flexibility index (Phi) is 11.1. The van der Waals surface area contributed by atoms with Crippen LogP contribution in [0.15, 0.2) is 78.4 Å². The first-order valence-electron chi connectivity index (χ1n) is 17.1. The van der Waals surface area contributed by atoms with Gasteiger partial charge >= 0.3 is 24.6 Å². The molecule has 304 valence electrons. The van der Waals surface area contributed by atoms with Crippen LogP contribution in [0.3, 0.4) is 0 Å². The smallest absolute Gasteiger partial charge is 0.429 e. The highest BCUT2D eigenvalue weighted by Crippen LogP contribution is 2.50. The summed E-state index contributed by atoms with van der Waals surface area (Å²) in [4.78, 5) is 39.8. The predicted molar refractivity (Wildman–Crippen MR) is 179 cm³/mol. The number of amides is 3. The fourth-order valence-electron chi connectivity index (χ4n) is 7.11. The van der Waals surface area contributed by atoms with Crippen molar-refractivity contribution in [3.63, 3.8) is 0 Å². The van der Waals surface area contributed by atoms with Crippen LogP contribution in [-0.4, -0.2) is 49.5 Å². The minimum atomic E-state index is -5.16. The number of alkyl carbamates (subject to hydrolysis) is 1. The maximum Gasteiger partial charge on any atom is 0.429 e. The number of hydrogen-bond donors (Lipinski definition) is 3. The van der Waals surface area contributed by atoms with Gasteiger partial charge in [0.05, 0.1) is 30.2 Å². The largest absolute Gasteiger partial charge is 0.496 e. The van der Waals surface area contributed by atoms with Crippen molar-refractivity contribution in [2.24, 2.45) is 17.8 Å². The number of carbonyl (C=O) groups excluding carboxylic acids is 3. The van der Waals surface area contributed by atoms with Gasteiger partial charge in [0, 0.05) is 40.8 Å². The molecule has 3 aliphatic rings. The fourth-order valence-corrected chi connectivity index (χ4v) is 7.11. The number of allylic oxidation sites excluding steroid dienone is 2. The molecule has 3 N–H and O–H groups in total. The van der Waals surface area contributed by atoms with Crippen molar-refractivity contribution in [2.75, 3.05) is 12.4 Å². The molecule has 2 bridgehead atoms. The molecule has 0 spiro atoms. The molecule has 0 radical (unpaired) electrons. The summed E-state index contributed by atoms with van der Waals surface area (Å²) in [5, 5.41) is 6.97. The topological polar surface area (TPSA) is 106 Å². The molecule has 5 atom stereocenters. The molecule has 6 rings (SSSR count). The van der Waals surface area contributed by atoms with Crippen LogP contribution in [-0.2, 0) is 15.7 Å². The molecule has 57 heavy (non-hydrogen) atoms. The highest BCUT2D eigenvalue weighted by molar-refractivity contribution is 6.00. The Labute approximate surface area is 316 Å². The second-order valence-electron chi connectivity index (χ2n) is 13.6. The SMILES string of the molecule is COc1ccc(-c2cc([C@H](OC(=O)NC3CCC3)C(F)(F)F)ccc2F)cc1C(=O)N[C@@H]1C2C=CC(/C2=C/C(F)(F)F)[C@@H]1C(=O)Nc1ccc(F)c(C(F)(F)F)c1. The van der Waals surface area contributed by atoms with E-state index in [0.29, 0.717) is 31.0 Å². The number of benzene rings is 3. The van der Waals surface area contributed by atoms with E-state index in [2.05, 4.69) is 16.0 Å². The maximum atomic E-state index is 15.3. The van der Waals surface area contributed by atoms with E-state index in [9.17, 15) is 58.3 Å². The summed E-state index contributed by atoms with van der Waals surface area (Å²) in [7, 11) is 1.13. The first kappa shape index (κ1) is 41.0. The van der Waals surface area contributed by atoms with E-state index in [0.717, 1.165) is 43.9 Å². The summed E-state index contributed by atoms with van der Waals surface area (Å²) in [6, 6.07) is 5.33. The fraction of sp³-hybridized carbons (Fsp3) is 0.342. The van der Waals surface area contributed by atoms with Gasteiger partial charge in [-0.3, -0.25) is 9.59 Å². The van der Waals surface area contributed by atoms with Gasteiger partial charge in [-0.25, -0.2) is 13.6 Å². The number of ether oxygens (including phenoxy) is 2.